The van der Waals surface area contributed by atoms with Crippen molar-refractivity contribution in [1.82, 2.24) is 9.78 Å². The van der Waals surface area contributed by atoms with Gasteiger partial charge < -0.3 is 15.8 Å². The Labute approximate surface area is 113 Å². The van der Waals surface area contributed by atoms with Crippen LogP contribution in [0.5, 0.6) is 5.75 Å². The Balaban J connectivity index is 2.36. The highest BCUT2D eigenvalue weighted by Gasteiger charge is 2.13. The lowest BCUT2D eigenvalue weighted by atomic mass is 10.3. The summed E-state index contributed by atoms with van der Waals surface area (Å²) in [6.45, 7) is 7.29. The van der Waals surface area contributed by atoms with Gasteiger partial charge in [-0.25, -0.2) is 4.68 Å². The summed E-state index contributed by atoms with van der Waals surface area (Å²) in [5.41, 5.74) is 8.46. The van der Waals surface area contributed by atoms with E-state index in [1.807, 2.05) is 49.7 Å². The standard InChI is InChI=1S/C14H20N4O/c1-4-18-14(13(15)10(3)17-18)16-11-8-6-7-9-12(11)19-5-2/h6-9,16H,4-5,15H2,1-3H3. The molecule has 2 aromatic rings. The van der Waals surface area contributed by atoms with E-state index in [0.29, 0.717) is 12.3 Å². The summed E-state index contributed by atoms with van der Waals surface area (Å²) in [7, 11) is 0. The number of benzene rings is 1. The van der Waals surface area contributed by atoms with Crippen LogP contribution < -0.4 is 15.8 Å². The highest BCUT2D eigenvalue weighted by atomic mass is 16.5. The van der Waals surface area contributed by atoms with Crippen molar-refractivity contribution >= 4 is 17.2 Å². The van der Waals surface area contributed by atoms with Gasteiger partial charge in [-0.15, -0.1) is 0 Å². The number of anilines is 3. The van der Waals surface area contributed by atoms with Gasteiger partial charge in [0.15, 0.2) is 5.82 Å². The number of para-hydroxylation sites is 2. The van der Waals surface area contributed by atoms with Crippen molar-refractivity contribution in [1.29, 1.82) is 0 Å². The van der Waals surface area contributed by atoms with Gasteiger partial charge >= 0.3 is 0 Å². The molecule has 1 aromatic carbocycles. The third-order valence-corrected chi connectivity index (χ3v) is 2.91. The molecular formula is C14H20N4O. The zero-order chi connectivity index (χ0) is 13.8. The number of nitrogens with two attached hydrogens (primary N) is 1. The molecule has 0 atom stereocenters. The lowest BCUT2D eigenvalue weighted by molar-refractivity contribution is 0.342. The third-order valence-electron chi connectivity index (χ3n) is 2.91. The van der Waals surface area contributed by atoms with Gasteiger partial charge in [-0.05, 0) is 32.9 Å². The number of ether oxygens (including phenoxy) is 1. The Bertz CT molecular complexity index is 563. The van der Waals surface area contributed by atoms with Crippen LogP contribution in [0.25, 0.3) is 0 Å². The molecule has 102 valence electrons. The van der Waals surface area contributed by atoms with E-state index in [0.717, 1.165) is 29.5 Å². The van der Waals surface area contributed by atoms with Gasteiger partial charge in [0.1, 0.15) is 5.75 Å². The summed E-state index contributed by atoms with van der Waals surface area (Å²) >= 11 is 0. The van der Waals surface area contributed by atoms with Crippen molar-refractivity contribution < 1.29 is 4.74 Å². The molecule has 0 aliphatic carbocycles. The van der Waals surface area contributed by atoms with Crippen LogP contribution in [0.1, 0.15) is 19.5 Å². The van der Waals surface area contributed by atoms with Crippen LogP contribution >= 0.6 is 0 Å². The molecule has 5 nitrogen and oxygen atoms in total. The minimum atomic E-state index is 0.625. The smallest absolute Gasteiger partial charge is 0.152 e. The van der Waals surface area contributed by atoms with Crippen molar-refractivity contribution in [2.24, 2.45) is 0 Å². The number of hydrogen-bond acceptors (Lipinski definition) is 4. The van der Waals surface area contributed by atoms with Crippen molar-refractivity contribution in [3.63, 3.8) is 0 Å². The van der Waals surface area contributed by atoms with Crippen molar-refractivity contribution in [2.45, 2.75) is 27.3 Å². The second-order valence-corrected chi connectivity index (χ2v) is 4.22. The van der Waals surface area contributed by atoms with Crippen LogP contribution in [0.2, 0.25) is 0 Å². The summed E-state index contributed by atoms with van der Waals surface area (Å²) in [6, 6.07) is 7.80. The molecule has 0 spiro atoms. The molecule has 19 heavy (non-hydrogen) atoms. The number of hydrogen-bond donors (Lipinski definition) is 2. The maximum Gasteiger partial charge on any atom is 0.152 e. The maximum atomic E-state index is 6.06. The van der Waals surface area contributed by atoms with Crippen LogP contribution in [-0.2, 0) is 6.54 Å². The van der Waals surface area contributed by atoms with E-state index in [-0.39, 0.29) is 0 Å². The molecule has 1 heterocycles. The fraction of sp³-hybridized carbons (Fsp3) is 0.357. The average Bonchev–Trinajstić information content (AvgIpc) is 2.69. The van der Waals surface area contributed by atoms with Gasteiger partial charge in [-0.1, -0.05) is 12.1 Å². The van der Waals surface area contributed by atoms with Gasteiger partial charge in [-0.2, -0.15) is 5.10 Å². The van der Waals surface area contributed by atoms with Crippen molar-refractivity contribution in [2.75, 3.05) is 17.7 Å². The minimum Gasteiger partial charge on any atom is -0.492 e. The normalized spacial score (nSPS) is 10.5. The maximum absolute atomic E-state index is 6.06. The third kappa shape index (κ3) is 2.65. The van der Waals surface area contributed by atoms with Gasteiger partial charge in [0.2, 0.25) is 0 Å². The highest BCUT2D eigenvalue weighted by Crippen LogP contribution is 2.31. The van der Waals surface area contributed by atoms with Crippen LogP contribution in [0.3, 0.4) is 0 Å². The molecular weight excluding hydrogens is 240 g/mol. The van der Waals surface area contributed by atoms with Crippen molar-refractivity contribution in [3.05, 3.63) is 30.0 Å². The Morgan fingerprint density at radius 3 is 2.74 bits per heavy atom. The number of aromatic nitrogens is 2. The minimum absolute atomic E-state index is 0.625. The van der Waals surface area contributed by atoms with Crippen molar-refractivity contribution in [3.8, 4) is 5.75 Å². The fourth-order valence-electron chi connectivity index (χ4n) is 1.93. The quantitative estimate of drug-likeness (QED) is 0.867. The largest absolute Gasteiger partial charge is 0.492 e. The molecule has 0 unspecified atom stereocenters. The Kier molecular flexibility index (Phi) is 3.94. The molecule has 3 N–H and O–H groups in total. The molecule has 0 aliphatic heterocycles. The number of nitrogens with zero attached hydrogens (tertiary/aromatic N) is 2. The van der Waals surface area contributed by atoms with E-state index >= 15 is 0 Å². The number of rotatable bonds is 5. The Morgan fingerprint density at radius 1 is 1.32 bits per heavy atom. The second-order valence-electron chi connectivity index (χ2n) is 4.22. The molecule has 1 aromatic heterocycles. The number of nitrogen functional groups attached to an aromatic ring is 1. The molecule has 0 saturated heterocycles. The van der Waals surface area contributed by atoms with Crippen LogP contribution in [-0.4, -0.2) is 16.4 Å². The molecule has 0 radical (unpaired) electrons. The first kappa shape index (κ1) is 13.3. The fourth-order valence-corrected chi connectivity index (χ4v) is 1.93. The number of aryl methyl sites for hydroxylation is 2. The van der Waals surface area contributed by atoms with Gasteiger partial charge in [0.25, 0.3) is 0 Å². The molecule has 0 fully saturated rings. The van der Waals surface area contributed by atoms with Crippen LogP contribution in [0.4, 0.5) is 17.2 Å². The van der Waals surface area contributed by atoms with Crippen LogP contribution in [0.15, 0.2) is 24.3 Å². The summed E-state index contributed by atoms with van der Waals surface area (Å²) < 4.78 is 7.45. The van der Waals surface area contributed by atoms with E-state index in [9.17, 15) is 0 Å². The highest BCUT2D eigenvalue weighted by molar-refractivity contribution is 5.74. The zero-order valence-corrected chi connectivity index (χ0v) is 11.6. The lowest BCUT2D eigenvalue weighted by Crippen LogP contribution is -2.05. The molecule has 0 saturated carbocycles. The molecule has 2 rings (SSSR count). The van der Waals surface area contributed by atoms with E-state index < -0.39 is 0 Å². The lowest BCUT2D eigenvalue weighted by Gasteiger charge is -2.13. The van der Waals surface area contributed by atoms with Crippen LogP contribution in [0, 0.1) is 6.92 Å². The van der Waals surface area contributed by atoms with Gasteiger partial charge in [-0.3, -0.25) is 0 Å². The molecule has 0 bridgehead atoms. The molecule has 5 heteroatoms. The van der Waals surface area contributed by atoms with E-state index in [2.05, 4.69) is 10.4 Å². The van der Waals surface area contributed by atoms with Gasteiger partial charge in [0.05, 0.1) is 23.7 Å². The van der Waals surface area contributed by atoms with E-state index in [1.54, 1.807) is 0 Å². The average molecular weight is 260 g/mol. The number of nitrogens with one attached hydrogen (secondary N) is 1. The topological polar surface area (TPSA) is 65.1 Å². The van der Waals surface area contributed by atoms with Gasteiger partial charge in [0, 0.05) is 6.54 Å². The van der Waals surface area contributed by atoms with E-state index in [1.165, 1.54) is 0 Å². The summed E-state index contributed by atoms with van der Waals surface area (Å²) in [5.74, 6) is 1.62. The molecule has 0 amide bonds. The first-order valence-electron chi connectivity index (χ1n) is 6.49. The predicted octanol–water partition coefficient (Wildman–Crippen LogP) is 2.94. The Hall–Kier alpha value is -2.17. The first-order valence-corrected chi connectivity index (χ1v) is 6.49. The predicted molar refractivity (Wildman–Crippen MR) is 77.9 cm³/mol. The summed E-state index contributed by atoms with van der Waals surface area (Å²) in [4.78, 5) is 0. The summed E-state index contributed by atoms with van der Waals surface area (Å²) in [6.07, 6.45) is 0. The Morgan fingerprint density at radius 2 is 2.05 bits per heavy atom. The SMILES string of the molecule is CCOc1ccccc1Nc1c(N)c(C)nn1CC. The first-order chi connectivity index (χ1) is 9.17. The second kappa shape index (κ2) is 5.65. The monoisotopic (exact) mass is 260 g/mol. The molecule has 0 aliphatic rings. The summed E-state index contributed by atoms with van der Waals surface area (Å²) in [5, 5.41) is 7.71. The van der Waals surface area contributed by atoms with E-state index in [4.69, 9.17) is 10.5 Å². The zero-order valence-electron chi connectivity index (χ0n) is 11.6.